The molecule has 0 spiro atoms. The van der Waals surface area contributed by atoms with Gasteiger partial charge in [-0.25, -0.2) is 4.98 Å². The van der Waals surface area contributed by atoms with Gasteiger partial charge in [0.2, 0.25) is 0 Å². The number of nitrogens with one attached hydrogen (secondary N) is 1. The first kappa shape index (κ1) is 19.5. The SMILES string of the molecule is CN=C(NCc1ccc(N2CCOCC2)cc1)N1CCN(c2ccccn2)CC1. The van der Waals surface area contributed by atoms with Gasteiger partial charge in [-0.3, -0.25) is 4.99 Å². The van der Waals surface area contributed by atoms with Gasteiger partial charge in [0.1, 0.15) is 5.82 Å². The summed E-state index contributed by atoms with van der Waals surface area (Å²) in [6.07, 6.45) is 1.85. The molecule has 0 aliphatic carbocycles. The van der Waals surface area contributed by atoms with Gasteiger partial charge in [0, 0.05) is 64.7 Å². The van der Waals surface area contributed by atoms with E-state index in [4.69, 9.17) is 4.74 Å². The average molecular weight is 395 g/mol. The number of anilines is 2. The van der Waals surface area contributed by atoms with Crippen LogP contribution in [0, 0.1) is 0 Å². The summed E-state index contributed by atoms with van der Waals surface area (Å²) in [6.45, 7) is 8.11. The lowest BCUT2D eigenvalue weighted by atomic mass is 10.2. The number of guanidine groups is 1. The Morgan fingerprint density at radius 2 is 1.72 bits per heavy atom. The highest BCUT2D eigenvalue weighted by molar-refractivity contribution is 5.80. The first-order chi connectivity index (χ1) is 14.3. The van der Waals surface area contributed by atoms with Crippen molar-refractivity contribution >= 4 is 17.5 Å². The minimum Gasteiger partial charge on any atom is -0.378 e. The zero-order valence-corrected chi connectivity index (χ0v) is 17.1. The normalized spacial score (nSPS) is 18.1. The molecule has 0 unspecified atom stereocenters. The molecule has 2 fully saturated rings. The Hall–Kier alpha value is -2.80. The summed E-state index contributed by atoms with van der Waals surface area (Å²) < 4.78 is 5.44. The summed E-state index contributed by atoms with van der Waals surface area (Å²) in [4.78, 5) is 16.0. The number of rotatable bonds is 4. The topological polar surface area (TPSA) is 56.2 Å². The average Bonchev–Trinajstić information content (AvgIpc) is 2.81. The largest absolute Gasteiger partial charge is 0.378 e. The third kappa shape index (κ3) is 4.98. The molecule has 3 heterocycles. The van der Waals surface area contributed by atoms with Crippen LogP contribution in [0.25, 0.3) is 0 Å². The van der Waals surface area contributed by atoms with Gasteiger partial charge in [0.25, 0.3) is 0 Å². The van der Waals surface area contributed by atoms with E-state index in [2.05, 4.69) is 60.3 Å². The maximum Gasteiger partial charge on any atom is 0.194 e. The molecule has 7 heteroatoms. The quantitative estimate of drug-likeness (QED) is 0.631. The van der Waals surface area contributed by atoms with Crippen LogP contribution in [0.4, 0.5) is 11.5 Å². The fourth-order valence-electron chi connectivity index (χ4n) is 3.85. The van der Waals surface area contributed by atoms with Crippen molar-refractivity contribution < 1.29 is 4.74 Å². The van der Waals surface area contributed by atoms with Gasteiger partial charge in [-0.05, 0) is 29.8 Å². The summed E-state index contributed by atoms with van der Waals surface area (Å²) in [6, 6.07) is 14.9. The van der Waals surface area contributed by atoms with Gasteiger partial charge in [0.15, 0.2) is 5.96 Å². The number of nitrogens with zero attached hydrogens (tertiary/aromatic N) is 5. The lowest BCUT2D eigenvalue weighted by Crippen LogP contribution is -2.52. The highest BCUT2D eigenvalue weighted by Gasteiger charge is 2.20. The maximum absolute atomic E-state index is 5.44. The predicted molar refractivity (Wildman–Crippen MR) is 118 cm³/mol. The molecule has 29 heavy (non-hydrogen) atoms. The number of hydrogen-bond acceptors (Lipinski definition) is 5. The Kier molecular flexibility index (Phi) is 6.46. The highest BCUT2D eigenvalue weighted by Crippen LogP contribution is 2.17. The Balaban J connectivity index is 1.27. The van der Waals surface area contributed by atoms with Crippen molar-refractivity contribution in [3.05, 3.63) is 54.2 Å². The molecule has 1 aromatic heterocycles. The minimum absolute atomic E-state index is 0.774. The van der Waals surface area contributed by atoms with Gasteiger partial charge in [-0.15, -0.1) is 0 Å². The van der Waals surface area contributed by atoms with Crippen LogP contribution in [-0.2, 0) is 11.3 Å². The zero-order chi connectivity index (χ0) is 19.9. The standard InChI is InChI=1S/C22H30N6O/c1-23-22(28-12-10-27(11-13-28)21-4-2-3-9-24-21)25-18-19-5-7-20(8-6-19)26-14-16-29-17-15-26/h2-9H,10-18H2,1H3,(H,23,25). The Labute approximate surface area is 173 Å². The zero-order valence-electron chi connectivity index (χ0n) is 17.1. The molecule has 0 bridgehead atoms. The molecule has 7 nitrogen and oxygen atoms in total. The molecular weight excluding hydrogens is 364 g/mol. The fourth-order valence-corrected chi connectivity index (χ4v) is 3.85. The number of pyridine rings is 1. The maximum atomic E-state index is 5.44. The van der Waals surface area contributed by atoms with E-state index in [1.165, 1.54) is 11.3 Å². The monoisotopic (exact) mass is 394 g/mol. The first-order valence-electron chi connectivity index (χ1n) is 10.4. The molecule has 0 atom stereocenters. The molecule has 1 aromatic carbocycles. The fraction of sp³-hybridized carbons (Fsp3) is 0.455. The van der Waals surface area contributed by atoms with Crippen molar-refractivity contribution in [3.63, 3.8) is 0 Å². The van der Waals surface area contributed by atoms with Gasteiger partial charge in [-0.1, -0.05) is 18.2 Å². The molecular formula is C22H30N6O. The summed E-state index contributed by atoms with van der Waals surface area (Å²) in [7, 11) is 1.86. The van der Waals surface area contributed by atoms with Crippen LogP contribution in [0.2, 0.25) is 0 Å². The van der Waals surface area contributed by atoms with E-state index in [1.54, 1.807) is 0 Å². The first-order valence-corrected chi connectivity index (χ1v) is 10.4. The van der Waals surface area contributed by atoms with Crippen LogP contribution < -0.4 is 15.1 Å². The van der Waals surface area contributed by atoms with Crippen LogP contribution in [0.1, 0.15) is 5.56 Å². The van der Waals surface area contributed by atoms with E-state index in [0.717, 1.165) is 70.8 Å². The van der Waals surface area contributed by atoms with Crippen molar-refractivity contribution in [1.29, 1.82) is 0 Å². The summed E-state index contributed by atoms with van der Waals surface area (Å²) in [5.41, 5.74) is 2.53. The molecule has 0 saturated carbocycles. The molecule has 2 saturated heterocycles. The molecule has 4 rings (SSSR count). The minimum atomic E-state index is 0.774. The second-order valence-corrected chi connectivity index (χ2v) is 7.33. The van der Waals surface area contributed by atoms with E-state index < -0.39 is 0 Å². The number of morpholine rings is 1. The van der Waals surface area contributed by atoms with E-state index in [1.807, 2.05) is 25.4 Å². The second-order valence-electron chi connectivity index (χ2n) is 7.33. The summed E-state index contributed by atoms with van der Waals surface area (Å²) >= 11 is 0. The predicted octanol–water partition coefficient (Wildman–Crippen LogP) is 1.82. The van der Waals surface area contributed by atoms with Crippen molar-refractivity contribution in [2.75, 3.05) is 69.3 Å². The van der Waals surface area contributed by atoms with E-state index in [-0.39, 0.29) is 0 Å². The van der Waals surface area contributed by atoms with Gasteiger partial charge >= 0.3 is 0 Å². The number of benzene rings is 1. The molecule has 2 aliphatic heterocycles. The second kappa shape index (κ2) is 9.60. The Morgan fingerprint density at radius 3 is 2.38 bits per heavy atom. The van der Waals surface area contributed by atoms with Gasteiger partial charge < -0.3 is 24.8 Å². The molecule has 0 radical (unpaired) electrons. The van der Waals surface area contributed by atoms with E-state index >= 15 is 0 Å². The lowest BCUT2D eigenvalue weighted by Gasteiger charge is -2.37. The molecule has 2 aliphatic rings. The highest BCUT2D eigenvalue weighted by atomic mass is 16.5. The molecule has 154 valence electrons. The van der Waals surface area contributed by atoms with Crippen LogP contribution in [0.5, 0.6) is 0 Å². The number of ether oxygens (including phenoxy) is 1. The number of aliphatic imine (C=N–C) groups is 1. The Morgan fingerprint density at radius 1 is 0.966 bits per heavy atom. The molecule has 0 amide bonds. The summed E-state index contributed by atoms with van der Waals surface area (Å²) in [5.74, 6) is 2.01. The van der Waals surface area contributed by atoms with Crippen LogP contribution in [0.15, 0.2) is 53.7 Å². The van der Waals surface area contributed by atoms with E-state index in [0.29, 0.717) is 0 Å². The molecule has 2 aromatic rings. The van der Waals surface area contributed by atoms with Gasteiger partial charge in [0.05, 0.1) is 13.2 Å². The third-order valence-electron chi connectivity index (χ3n) is 5.53. The van der Waals surface area contributed by atoms with Crippen LogP contribution in [0.3, 0.4) is 0 Å². The summed E-state index contributed by atoms with van der Waals surface area (Å²) in [5, 5.41) is 3.52. The van der Waals surface area contributed by atoms with E-state index in [9.17, 15) is 0 Å². The smallest absolute Gasteiger partial charge is 0.194 e. The van der Waals surface area contributed by atoms with Gasteiger partial charge in [-0.2, -0.15) is 0 Å². The van der Waals surface area contributed by atoms with Crippen molar-refractivity contribution in [1.82, 2.24) is 15.2 Å². The number of piperazine rings is 1. The number of aromatic nitrogens is 1. The van der Waals surface area contributed by atoms with Crippen molar-refractivity contribution in [3.8, 4) is 0 Å². The van der Waals surface area contributed by atoms with Crippen LogP contribution >= 0.6 is 0 Å². The van der Waals surface area contributed by atoms with Crippen molar-refractivity contribution in [2.45, 2.75) is 6.54 Å². The van der Waals surface area contributed by atoms with Crippen LogP contribution in [-0.4, -0.2) is 75.4 Å². The molecule has 1 N–H and O–H groups in total. The number of hydrogen-bond donors (Lipinski definition) is 1. The van der Waals surface area contributed by atoms with Crippen molar-refractivity contribution in [2.24, 2.45) is 4.99 Å². The third-order valence-corrected chi connectivity index (χ3v) is 5.53. The Bertz CT molecular complexity index is 781. The lowest BCUT2D eigenvalue weighted by molar-refractivity contribution is 0.122.